The maximum Gasteiger partial charge on any atom is 0.132 e. The van der Waals surface area contributed by atoms with Crippen molar-refractivity contribution in [3.8, 4) is 17.2 Å². The van der Waals surface area contributed by atoms with Gasteiger partial charge in [-0.2, -0.15) is 0 Å². The lowest BCUT2D eigenvalue weighted by atomic mass is 10.1. The molecule has 0 amide bonds. The molecule has 4 nitrogen and oxygen atoms in total. The van der Waals surface area contributed by atoms with Gasteiger partial charge in [0.15, 0.2) is 0 Å². The zero-order valence-corrected chi connectivity index (χ0v) is 11.5. The van der Waals surface area contributed by atoms with Gasteiger partial charge in [0.1, 0.15) is 17.2 Å². The molecule has 1 unspecified atom stereocenters. The van der Waals surface area contributed by atoms with Crippen molar-refractivity contribution in [2.45, 2.75) is 33.8 Å². The molecule has 1 N–H and O–H groups in total. The molecule has 18 heavy (non-hydrogen) atoms. The monoisotopic (exact) mass is 254 g/mol. The van der Waals surface area contributed by atoms with Gasteiger partial charge in [0, 0.05) is 12.1 Å². The molecule has 0 aliphatic rings. The molecule has 0 aromatic heterocycles. The molecule has 0 radical (unpaired) electrons. The lowest BCUT2D eigenvalue weighted by Crippen LogP contribution is -2.05. The molecule has 1 rings (SSSR count). The lowest BCUT2D eigenvalue weighted by Gasteiger charge is -2.18. The quantitative estimate of drug-likeness (QED) is 0.812. The van der Waals surface area contributed by atoms with Gasteiger partial charge in [0.2, 0.25) is 0 Å². The van der Waals surface area contributed by atoms with Crippen molar-refractivity contribution in [1.29, 1.82) is 0 Å². The van der Waals surface area contributed by atoms with Crippen LogP contribution in [0.4, 0.5) is 0 Å². The average Bonchev–Trinajstić information content (AvgIpc) is 2.29. The van der Waals surface area contributed by atoms with Crippen LogP contribution in [-0.2, 0) is 0 Å². The second-order valence-corrected chi connectivity index (χ2v) is 3.81. The number of ether oxygens (including phenoxy) is 3. The van der Waals surface area contributed by atoms with E-state index in [-0.39, 0.29) is 0 Å². The molecule has 0 aliphatic heterocycles. The Labute approximate surface area is 108 Å². The first-order chi connectivity index (χ1) is 8.63. The van der Waals surface area contributed by atoms with E-state index in [2.05, 4.69) is 0 Å². The van der Waals surface area contributed by atoms with Crippen LogP contribution in [0.15, 0.2) is 12.1 Å². The van der Waals surface area contributed by atoms with E-state index in [1.165, 1.54) is 0 Å². The van der Waals surface area contributed by atoms with E-state index >= 15 is 0 Å². The van der Waals surface area contributed by atoms with Crippen LogP contribution in [0, 0.1) is 0 Å². The Morgan fingerprint density at radius 3 is 1.72 bits per heavy atom. The van der Waals surface area contributed by atoms with Crippen LogP contribution in [0.2, 0.25) is 0 Å². The Balaban J connectivity index is 3.24. The van der Waals surface area contributed by atoms with E-state index in [9.17, 15) is 5.11 Å². The third-order valence-corrected chi connectivity index (χ3v) is 2.41. The van der Waals surface area contributed by atoms with Gasteiger partial charge in [-0.25, -0.2) is 0 Å². The SMILES string of the molecule is CCOc1cc(OCC)c(C(C)O)c(OCC)c1. The molecule has 102 valence electrons. The van der Waals surface area contributed by atoms with E-state index < -0.39 is 6.10 Å². The molecule has 1 atom stereocenters. The average molecular weight is 254 g/mol. The third-order valence-electron chi connectivity index (χ3n) is 2.41. The molecule has 0 aliphatic carbocycles. The van der Waals surface area contributed by atoms with Crippen molar-refractivity contribution in [3.05, 3.63) is 17.7 Å². The zero-order chi connectivity index (χ0) is 13.5. The zero-order valence-electron chi connectivity index (χ0n) is 11.5. The van der Waals surface area contributed by atoms with Crippen LogP contribution in [0.25, 0.3) is 0 Å². The number of aliphatic hydroxyl groups excluding tert-OH is 1. The highest BCUT2D eigenvalue weighted by Crippen LogP contribution is 2.38. The fourth-order valence-corrected chi connectivity index (χ4v) is 1.79. The molecule has 0 heterocycles. The van der Waals surface area contributed by atoms with E-state index in [4.69, 9.17) is 14.2 Å². The van der Waals surface area contributed by atoms with Gasteiger partial charge < -0.3 is 19.3 Å². The highest BCUT2D eigenvalue weighted by Gasteiger charge is 2.18. The Kier molecular flexibility index (Phi) is 5.78. The number of aliphatic hydroxyl groups is 1. The Morgan fingerprint density at radius 2 is 1.39 bits per heavy atom. The van der Waals surface area contributed by atoms with Crippen molar-refractivity contribution >= 4 is 0 Å². The van der Waals surface area contributed by atoms with Crippen molar-refractivity contribution in [2.75, 3.05) is 19.8 Å². The summed E-state index contributed by atoms with van der Waals surface area (Å²) in [6, 6.07) is 3.58. The molecule has 0 fully saturated rings. The van der Waals surface area contributed by atoms with Crippen LogP contribution < -0.4 is 14.2 Å². The fraction of sp³-hybridized carbons (Fsp3) is 0.571. The van der Waals surface area contributed by atoms with Crippen LogP contribution in [0.5, 0.6) is 17.2 Å². The molecule has 1 aromatic rings. The third kappa shape index (κ3) is 3.53. The second kappa shape index (κ2) is 7.11. The van der Waals surface area contributed by atoms with Crippen LogP contribution in [0.1, 0.15) is 39.4 Å². The molecule has 0 bridgehead atoms. The predicted octanol–water partition coefficient (Wildman–Crippen LogP) is 2.94. The smallest absolute Gasteiger partial charge is 0.132 e. The maximum absolute atomic E-state index is 9.86. The summed E-state index contributed by atoms with van der Waals surface area (Å²) in [5.41, 5.74) is 0.669. The van der Waals surface area contributed by atoms with Gasteiger partial charge in [-0.3, -0.25) is 0 Å². The molecule has 0 saturated carbocycles. The normalized spacial score (nSPS) is 12.1. The predicted molar refractivity (Wildman–Crippen MR) is 70.6 cm³/mol. The first-order valence-corrected chi connectivity index (χ1v) is 6.38. The first kappa shape index (κ1) is 14.6. The van der Waals surface area contributed by atoms with E-state index in [0.29, 0.717) is 42.6 Å². The molecule has 4 heteroatoms. The number of rotatable bonds is 7. The minimum Gasteiger partial charge on any atom is -0.494 e. The van der Waals surface area contributed by atoms with Crippen molar-refractivity contribution in [1.82, 2.24) is 0 Å². The standard InChI is InChI=1S/C14H22O4/c1-5-16-11-8-12(17-6-2)14(10(4)15)13(9-11)18-7-3/h8-10,15H,5-7H2,1-4H3. The Hall–Kier alpha value is -1.42. The summed E-state index contributed by atoms with van der Waals surface area (Å²) in [7, 11) is 0. The fourth-order valence-electron chi connectivity index (χ4n) is 1.79. The van der Waals surface area contributed by atoms with Crippen LogP contribution >= 0.6 is 0 Å². The number of hydrogen-bond acceptors (Lipinski definition) is 4. The highest BCUT2D eigenvalue weighted by atomic mass is 16.5. The minimum absolute atomic E-state index is 0.529. The van der Waals surface area contributed by atoms with Gasteiger partial charge in [-0.05, 0) is 27.7 Å². The van der Waals surface area contributed by atoms with Gasteiger partial charge in [0.05, 0.1) is 31.5 Å². The summed E-state index contributed by atoms with van der Waals surface area (Å²) in [5, 5.41) is 9.86. The molecular weight excluding hydrogens is 232 g/mol. The van der Waals surface area contributed by atoms with Gasteiger partial charge in [0.25, 0.3) is 0 Å². The molecule has 0 spiro atoms. The first-order valence-electron chi connectivity index (χ1n) is 6.38. The summed E-state index contributed by atoms with van der Waals surface area (Å²) >= 11 is 0. The number of benzene rings is 1. The van der Waals surface area contributed by atoms with Gasteiger partial charge in [-0.15, -0.1) is 0 Å². The van der Waals surface area contributed by atoms with Gasteiger partial charge >= 0.3 is 0 Å². The van der Waals surface area contributed by atoms with Crippen LogP contribution in [-0.4, -0.2) is 24.9 Å². The number of hydrogen-bond donors (Lipinski definition) is 1. The van der Waals surface area contributed by atoms with Crippen LogP contribution in [0.3, 0.4) is 0 Å². The van der Waals surface area contributed by atoms with E-state index in [1.54, 1.807) is 19.1 Å². The summed E-state index contributed by atoms with van der Waals surface area (Å²) in [6.45, 7) is 9.05. The highest BCUT2D eigenvalue weighted by molar-refractivity contribution is 5.51. The Bertz CT molecular complexity index is 347. The van der Waals surface area contributed by atoms with Crippen molar-refractivity contribution in [2.24, 2.45) is 0 Å². The molecule has 0 saturated heterocycles. The Morgan fingerprint density at radius 1 is 0.944 bits per heavy atom. The topological polar surface area (TPSA) is 47.9 Å². The van der Waals surface area contributed by atoms with Crippen molar-refractivity contribution in [3.63, 3.8) is 0 Å². The maximum atomic E-state index is 9.86. The van der Waals surface area contributed by atoms with E-state index in [1.807, 2.05) is 20.8 Å². The van der Waals surface area contributed by atoms with Gasteiger partial charge in [-0.1, -0.05) is 0 Å². The second-order valence-electron chi connectivity index (χ2n) is 3.81. The summed E-state index contributed by atoms with van der Waals surface area (Å²) < 4.78 is 16.6. The lowest BCUT2D eigenvalue weighted by molar-refractivity contribution is 0.184. The summed E-state index contributed by atoms with van der Waals surface area (Å²) in [4.78, 5) is 0. The summed E-state index contributed by atoms with van der Waals surface area (Å²) in [6.07, 6.45) is -0.649. The molecule has 1 aromatic carbocycles. The van der Waals surface area contributed by atoms with Crippen molar-refractivity contribution < 1.29 is 19.3 Å². The molecular formula is C14H22O4. The van der Waals surface area contributed by atoms with E-state index in [0.717, 1.165) is 0 Å². The minimum atomic E-state index is -0.649. The summed E-state index contributed by atoms with van der Waals surface area (Å²) in [5.74, 6) is 1.91. The largest absolute Gasteiger partial charge is 0.494 e.